The van der Waals surface area contributed by atoms with Gasteiger partial charge in [0.1, 0.15) is 6.04 Å². The van der Waals surface area contributed by atoms with Gasteiger partial charge >= 0.3 is 5.76 Å². The SMILES string of the molecule is Cn1c(=O)oc2ccc(-c3ccc(CC(C#N)NC(=O)C4CCNC4)cc3)cc21. The molecular formula is C22H22N4O3. The average molecular weight is 390 g/mol. The van der Waals surface area contributed by atoms with Gasteiger partial charge in [0.2, 0.25) is 5.91 Å². The number of benzene rings is 2. The highest BCUT2D eigenvalue weighted by molar-refractivity contribution is 5.81. The average Bonchev–Trinajstić information content (AvgIpc) is 3.37. The smallest absolute Gasteiger partial charge is 0.408 e. The summed E-state index contributed by atoms with van der Waals surface area (Å²) in [7, 11) is 1.68. The van der Waals surface area contributed by atoms with E-state index in [1.165, 1.54) is 4.57 Å². The summed E-state index contributed by atoms with van der Waals surface area (Å²) >= 11 is 0. The zero-order valence-electron chi connectivity index (χ0n) is 16.1. The van der Waals surface area contributed by atoms with Crippen LogP contribution in [0.3, 0.4) is 0 Å². The quantitative estimate of drug-likeness (QED) is 0.694. The zero-order valence-corrected chi connectivity index (χ0v) is 16.1. The van der Waals surface area contributed by atoms with Gasteiger partial charge in [0, 0.05) is 20.0 Å². The first kappa shape index (κ1) is 19.0. The number of oxazole rings is 1. The van der Waals surface area contributed by atoms with E-state index in [1.807, 2.05) is 36.4 Å². The van der Waals surface area contributed by atoms with Gasteiger partial charge in [-0.15, -0.1) is 0 Å². The Morgan fingerprint density at radius 3 is 2.76 bits per heavy atom. The van der Waals surface area contributed by atoms with Crippen molar-refractivity contribution in [3.8, 4) is 17.2 Å². The molecule has 1 aliphatic heterocycles. The molecule has 29 heavy (non-hydrogen) atoms. The number of nitrogens with one attached hydrogen (secondary N) is 2. The van der Waals surface area contributed by atoms with Gasteiger partial charge in [-0.2, -0.15) is 5.26 Å². The van der Waals surface area contributed by atoms with Crippen LogP contribution in [0.1, 0.15) is 12.0 Å². The lowest BCUT2D eigenvalue weighted by molar-refractivity contribution is -0.124. The molecule has 7 heteroatoms. The topological polar surface area (TPSA) is 100 Å². The van der Waals surface area contributed by atoms with Crippen LogP contribution < -0.4 is 16.4 Å². The van der Waals surface area contributed by atoms with Gasteiger partial charge < -0.3 is 15.1 Å². The molecule has 0 radical (unpaired) electrons. The highest BCUT2D eigenvalue weighted by atomic mass is 16.4. The lowest BCUT2D eigenvalue weighted by atomic mass is 10.00. The molecule has 0 bridgehead atoms. The monoisotopic (exact) mass is 390 g/mol. The first-order valence-corrected chi connectivity index (χ1v) is 9.65. The van der Waals surface area contributed by atoms with Crippen LogP contribution in [-0.2, 0) is 18.3 Å². The number of carbonyl (C=O) groups excluding carboxylic acids is 1. The summed E-state index contributed by atoms with van der Waals surface area (Å²) < 4.78 is 6.65. The Morgan fingerprint density at radius 2 is 2.07 bits per heavy atom. The number of hydrogen-bond acceptors (Lipinski definition) is 5. The van der Waals surface area contributed by atoms with Crippen molar-refractivity contribution in [2.45, 2.75) is 18.9 Å². The Hall–Kier alpha value is -3.37. The summed E-state index contributed by atoms with van der Waals surface area (Å²) in [6.07, 6.45) is 1.27. The summed E-state index contributed by atoms with van der Waals surface area (Å²) in [6.45, 7) is 1.51. The Bertz CT molecular complexity index is 1130. The molecule has 1 aliphatic rings. The normalized spacial score (nSPS) is 17.2. The molecular weight excluding hydrogens is 368 g/mol. The predicted octanol–water partition coefficient (Wildman–Crippen LogP) is 1.96. The molecule has 2 N–H and O–H groups in total. The van der Waals surface area contributed by atoms with Crippen molar-refractivity contribution in [3.63, 3.8) is 0 Å². The maximum absolute atomic E-state index is 12.2. The minimum Gasteiger partial charge on any atom is -0.408 e. The Morgan fingerprint density at radius 1 is 1.31 bits per heavy atom. The molecule has 0 saturated carbocycles. The molecule has 2 heterocycles. The summed E-state index contributed by atoms with van der Waals surface area (Å²) in [6, 6.07) is 15.1. The lowest BCUT2D eigenvalue weighted by Gasteiger charge is -2.15. The largest absolute Gasteiger partial charge is 0.419 e. The van der Waals surface area contributed by atoms with E-state index in [-0.39, 0.29) is 17.6 Å². The molecule has 148 valence electrons. The van der Waals surface area contributed by atoms with Crippen LogP contribution in [0.5, 0.6) is 0 Å². The third-order valence-corrected chi connectivity index (χ3v) is 5.42. The molecule has 2 unspecified atom stereocenters. The van der Waals surface area contributed by atoms with Gasteiger partial charge in [0.15, 0.2) is 5.58 Å². The van der Waals surface area contributed by atoms with Crippen molar-refractivity contribution in [3.05, 3.63) is 58.6 Å². The van der Waals surface area contributed by atoms with Crippen molar-refractivity contribution in [2.75, 3.05) is 13.1 Å². The second kappa shape index (κ2) is 7.94. The molecule has 2 aromatic carbocycles. The fourth-order valence-electron chi connectivity index (χ4n) is 3.67. The maximum atomic E-state index is 12.2. The summed E-state index contributed by atoms with van der Waals surface area (Å²) in [5.74, 6) is -0.496. The standard InChI is InChI=1S/C22H22N4O3/c1-26-19-11-16(6-7-20(19)29-22(26)28)15-4-2-14(3-5-15)10-18(12-23)25-21(27)17-8-9-24-13-17/h2-7,11,17-18,24H,8-10,13H2,1H3,(H,25,27). The minimum absolute atomic E-state index is 0.0537. The molecule has 1 aromatic heterocycles. The lowest BCUT2D eigenvalue weighted by Crippen LogP contribution is -2.40. The molecule has 1 fully saturated rings. The van der Waals surface area contributed by atoms with Crippen molar-refractivity contribution < 1.29 is 9.21 Å². The van der Waals surface area contributed by atoms with Crippen LogP contribution in [0.15, 0.2) is 51.7 Å². The van der Waals surface area contributed by atoms with Gasteiger partial charge in [-0.3, -0.25) is 9.36 Å². The fraction of sp³-hybridized carbons (Fsp3) is 0.318. The van der Waals surface area contributed by atoms with Gasteiger partial charge in [0.05, 0.1) is 17.5 Å². The summed E-state index contributed by atoms with van der Waals surface area (Å²) in [5.41, 5.74) is 4.24. The van der Waals surface area contributed by atoms with Gasteiger partial charge in [-0.05, 0) is 41.8 Å². The number of fused-ring (bicyclic) bond motifs is 1. The molecule has 3 aromatic rings. The van der Waals surface area contributed by atoms with E-state index in [9.17, 15) is 14.9 Å². The molecule has 1 saturated heterocycles. The van der Waals surface area contributed by atoms with E-state index in [0.717, 1.165) is 35.2 Å². The molecule has 0 spiro atoms. The summed E-state index contributed by atoms with van der Waals surface area (Å²) in [5, 5.41) is 15.4. The van der Waals surface area contributed by atoms with Gasteiger partial charge in [0.25, 0.3) is 0 Å². The molecule has 4 rings (SSSR count). The van der Waals surface area contributed by atoms with Gasteiger partial charge in [-0.25, -0.2) is 4.79 Å². The van der Waals surface area contributed by atoms with Crippen LogP contribution in [0.4, 0.5) is 0 Å². The number of carbonyl (C=O) groups is 1. The zero-order chi connectivity index (χ0) is 20.4. The van der Waals surface area contributed by atoms with E-state index >= 15 is 0 Å². The van der Waals surface area contributed by atoms with Crippen molar-refractivity contribution in [1.29, 1.82) is 5.26 Å². The van der Waals surface area contributed by atoms with Crippen LogP contribution in [0, 0.1) is 17.2 Å². The van der Waals surface area contributed by atoms with Crippen molar-refractivity contribution in [2.24, 2.45) is 13.0 Å². The number of aryl methyl sites for hydroxylation is 1. The van der Waals surface area contributed by atoms with Crippen LogP contribution in [0.25, 0.3) is 22.2 Å². The number of nitrogens with zero attached hydrogens (tertiary/aromatic N) is 2. The molecule has 0 aliphatic carbocycles. The maximum Gasteiger partial charge on any atom is 0.419 e. The number of rotatable bonds is 5. The van der Waals surface area contributed by atoms with Crippen molar-refractivity contribution >= 4 is 17.0 Å². The van der Waals surface area contributed by atoms with E-state index < -0.39 is 6.04 Å². The van der Waals surface area contributed by atoms with Gasteiger partial charge in [-0.1, -0.05) is 30.3 Å². The Labute approximate surface area is 167 Å². The van der Waals surface area contributed by atoms with Crippen LogP contribution in [0.2, 0.25) is 0 Å². The second-order valence-electron chi connectivity index (χ2n) is 7.39. The summed E-state index contributed by atoms with van der Waals surface area (Å²) in [4.78, 5) is 23.9. The van der Waals surface area contributed by atoms with E-state index in [1.54, 1.807) is 13.1 Å². The highest BCUT2D eigenvalue weighted by Gasteiger charge is 2.24. The van der Waals surface area contributed by atoms with Crippen molar-refractivity contribution in [1.82, 2.24) is 15.2 Å². The number of nitriles is 1. The molecule has 1 amide bonds. The second-order valence-corrected chi connectivity index (χ2v) is 7.39. The van der Waals surface area contributed by atoms with E-state index in [4.69, 9.17) is 4.42 Å². The third-order valence-electron chi connectivity index (χ3n) is 5.42. The van der Waals surface area contributed by atoms with E-state index in [2.05, 4.69) is 16.7 Å². The minimum atomic E-state index is -0.550. The number of hydrogen-bond donors (Lipinski definition) is 2. The Balaban J connectivity index is 1.47. The Kier molecular flexibility index (Phi) is 5.19. The fourth-order valence-corrected chi connectivity index (χ4v) is 3.67. The third kappa shape index (κ3) is 3.93. The first-order valence-electron chi connectivity index (χ1n) is 9.65. The first-order chi connectivity index (χ1) is 14.0. The number of aromatic nitrogens is 1. The van der Waals surface area contributed by atoms with Crippen LogP contribution >= 0.6 is 0 Å². The molecule has 2 atom stereocenters. The predicted molar refractivity (Wildman–Crippen MR) is 109 cm³/mol. The molecule has 7 nitrogen and oxygen atoms in total. The van der Waals surface area contributed by atoms with E-state index in [0.29, 0.717) is 18.5 Å². The van der Waals surface area contributed by atoms with Crippen LogP contribution in [-0.4, -0.2) is 29.6 Å². The number of amides is 1. The highest BCUT2D eigenvalue weighted by Crippen LogP contribution is 2.24.